The number of amides is 1. The number of benzene rings is 1. The van der Waals surface area contributed by atoms with E-state index in [2.05, 4.69) is 10.3 Å². The Balaban J connectivity index is 2.21. The number of hydrogen-bond donors (Lipinski definition) is 2. The summed E-state index contributed by atoms with van der Waals surface area (Å²) in [5.41, 5.74) is 0.807. The molecule has 20 heavy (non-hydrogen) atoms. The van der Waals surface area contributed by atoms with E-state index in [1.807, 2.05) is 6.07 Å². The number of para-hydroxylation sites is 1. The molecule has 1 heterocycles. The van der Waals surface area contributed by atoms with Crippen LogP contribution in [-0.2, 0) is 6.54 Å². The molecule has 0 bridgehead atoms. The molecule has 7 nitrogen and oxygen atoms in total. The largest absolute Gasteiger partial charge is 0.490 e. The van der Waals surface area contributed by atoms with Crippen molar-refractivity contribution in [2.24, 2.45) is 0 Å². The zero-order chi connectivity index (χ0) is 14.5. The van der Waals surface area contributed by atoms with Crippen LogP contribution >= 0.6 is 0 Å². The molecule has 0 radical (unpaired) electrons. The maximum Gasteiger partial charge on any atom is 0.311 e. The van der Waals surface area contributed by atoms with Gasteiger partial charge in [0.25, 0.3) is 5.91 Å². The molecule has 104 valence electrons. The van der Waals surface area contributed by atoms with Crippen LogP contribution in [0.15, 0.2) is 36.7 Å². The summed E-state index contributed by atoms with van der Waals surface area (Å²) in [4.78, 5) is 25.3. The van der Waals surface area contributed by atoms with Crippen molar-refractivity contribution < 1.29 is 14.5 Å². The fraction of sp³-hybridized carbons (Fsp3) is 0.154. The summed E-state index contributed by atoms with van der Waals surface area (Å²) in [6.45, 7) is 0.328. The van der Waals surface area contributed by atoms with E-state index in [0.717, 1.165) is 5.56 Å². The van der Waals surface area contributed by atoms with Crippen molar-refractivity contribution in [3.8, 4) is 5.75 Å². The first-order valence-electron chi connectivity index (χ1n) is 5.84. The van der Waals surface area contributed by atoms with E-state index in [4.69, 9.17) is 4.74 Å². The Bertz CT molecular complexity index is 623. The number of carbonyl (C=O) groups excluding carboxylic acids is 1. The highest BCUT2D eigenvalue weighted by Gasteiger charge is 2.22. The Kier molecular flexibility index (Phi) is 3.99. The van der Waals surface area contributed by atoms with Crippen LogP contribution in [0.2, 0.25) is 0 Å². The first-order valence-corrected chi connectivity index (χ1v) is 5.84. The predicted molar refractivity (Wildman–Crippen MR) is 71.6 cm³/mol. The fourth-order valence-corrected chi connectivity index (χ4v) is 1.81. The maximum atomic E-state index is 12.1. The molecule has 2 aromatic rings. The van der Waals surface area contributed by atoms with Crippen LogP contribution in [0.25, 0.3) is 0 Å². The molecule has 0 fully saturated rings. The molecule has 7 heteroatoms. The minimum Gasteiger partial charge on any atom is -0.490 e. The molecule has 0 aliphatic carbocycles. The van der Waals surface area contributed by atoms with Crippen LogP contribution in [0, 0.1) is 10.1 Å². The zero-order valence-electron chi connectivity index (χ0n) is 10.8. The van der Waals surface area contributed by atoms with Crippen molar-refractivity contribution in [1.29, 1.82) is 0 Å². The first kappa shape index (κ1) is 13.6. The normalized spacial score (nSPS) is 10.1. The summed E-state index contributed by atoms with van der Waals surface area (Å²) in [6.07, 6.45) is 3.50. The number of aromatic amines is 1. The van der Waals surface area contributed by atoms with Crippen LogP contribution in [-0.4, -0.2) is 22.9 Å². The van der Waals surface area contributed by atoms with Gasteiger partial charge in [-0.1, -0.05) is 6.07 Å². The molecule has 1 aromatic heterocycles. The lowest BCUT2D eigenvalue weighted by molar-refractivity contribution is -0.385. The van der Waals surface area contributed by atoms with Gasteiger partial charge in [-0.3, -0.25) is 14.9 Å². The number of nitro groups is 1. The lowest BCUT2D eigenvalue weighted by atomic mass is 10.1. The van der Waals surface area contributed by atoms with E-state index in [1.165, 1.54) is 25.3 Å². The number of aromatic nitrogens is 1. The van der Waals surface area contributed by atoms with Gasteiger partial charge in [-0.2, -0.15) is 0 Å². The molecule has 0 aliphatic rings. The van der Waals surface area contributed by atoms with E-state index in [0.29, 0.717) is 6.54 Å². The number of methoxy groups -OCH3 is 1. The van der Waals surface area contributed by atoms with Gasteiger partial charge in [-0.15, -0.1) is 0 Å². The van der Waals surface area contributed by atoms with Crippen molar-refractivity contribution in [1.82, 2.24) is 10.3 Å². The van der Waals surface area contributed by atoms with Crippen LogP contribution in [0.4, 0.5) is 5.69 Å². The average Bonchev–Trinajstić information content (AvgIpc) is 2.97. The van der Waals surface area contributed by atoms with Gasteiger partial charge in [0, 0.05) is 25.0 Å². The highest BCUT2D eigenvalue weighted by Crippen LogP contribution is 2.30. The van der Waals surface area contributed by atoms with E-state index in [9.17, 15) is 14.9 Å². The second-order valence-corrected chi connectivity index (χ2v) is 4.02. The van der Waals surface area contributed by atoms with Gasteiger partial charge < -0.3 is 15.0 Å². The van der Waals surface area contributed by atoms with Crippen molar-refractivity contribution in [3.63, 3.8) is 0 Å². The quantitative estimate of drug-likeness (QED) is 0.642. The van der Waals surface area contributed by atoms with Gasteiger partial charge in [-0.05, 0) is 17.7 Å². The van der Waals surface area contributed by atoms with Crippen LogP contribution < -0.4 is 10.1 Å². The molecule has 1 amide bonds. The van der Waals surface area contributed by atoms with Gasteiger partial charge in [-0.25, -0.2) is 0 Å². The first-order chi connectivity index (χ1) is 9.63. The van der Waals surface area contributed by atoms with Crippen LogP contribution in [0.5, 0.6) is 5.75 Å². The molecule has 0 spiro atoms. The van der Waals surface area contributed by atoms with E-state index < -0.39 is 10.8 Å². The molecule has 2 N–H and O–H groups in total. The standard InChI is InChI=1S/C13H13N3O4/c1-20-12-10(3-2-4-11(12)16(18)19)13(17)15-8-9-5-6-14-7-9/h2-7,14H,8H2,1H3,(H,15,17). The van der Waals surface area contributed by atoms with Crippen molar-refractivity contribution in [2.45, 2.75) is 6.54 Å². The van der Waals surface area contributed by atoms with Gasteiger partial charge in [0.2, 0.25) is 5.75 Å². The smallest absolute Gasteiger partial charge is 0.311 e. The van der Waals surface area contributed by atoms with Crippen LogP contribution in [0.1, 0.15) is 15.9 Å². The van der Waals surface area contributed by atoms with Crippen molar-refractivity contribution >= 4 is 11.6 Å². The number of nitrogens with zero attached hydrogens (tertiary/aromatic N) is 1. The average molecular weight is 275 g/mol. The third kappa shape index (κ3) is 2.77. The lowest BCUT2D eigenvalue weighted by Gasteiger charge is -2.09. The van der Waals surface area contributed by atoms with Crippen molar-refractivity contribution in [2.75, 3.05) is 7.11 Å². The van der Waals surface area contributed by atoms with E-state index in [-0.39, 0.29) is 17.0 Å². The number of nitro benzene ring substituents is 1. The number of ether oxygens (including phenoxy) is 1. The summed E-state index contributed by atoms with van der Waals surface area (Å²) >= 11 is 0. The highest BCUT2D eigenvalue weighted by molar-refractivity contribution is 5.98. The van der Waals surface area contributed by atoms with Gasteiger partial charge in [0.15, 0.2) is 0 Å². The number of rotatable bonds is 5. The molecule has 0 aliphatic heterocycles. The van der Waals surface area contributed by atoms with E-state index in [1.54, 1.807) is 12.4 Å². The zero-order valence-corrected chi connectivity index (χ0v) is 10.8. The Morgan fingerprint density at radius 1 is 1.45 bits per heavy atom. The second kappa shape index (κ2) is 5.87. The Hall–Kier alpha value is -2.83. The second-order valence-electron chi connectivity index (χ2n) is 4.02. The van der Waals surface area contributed by atoms with Crippen LogP contribution in [0.3, 0.4) is 0 Å². The summed E-state index contributed by atoms with van der Waals surface area (Å²) < 4.78 is 4.99. The van der Waals surface area contributed by atoms with Crippen molar-refractivity contribution in [3.05, 3.63) is 57.9 Å². The monoisotopic (exact) mass is 275 g/mol. The van der Waals surface area contributed by atoms with Gasteiger partial charge in [0.05, 0.1) is 17.6 Å². The molecular weight excluding hydrogens is 262 g/mol. The number of nitrogens with one attached hydrogen (secondary N) is 2. The van der Waals surface area contributed by atoms with E-state index >= 15 is 0 Å². The fourth-order valence-electron chi connectivity index (χ4n) is 1.81. The summed E-state index contributed by atoms with van der Waals surface area (Å²) in [7, 11) is 1.30. The molecule has 1 aromatic carbocycles. The SMILES string of the molecule is COc1c(C(=O)NCc2cc[nH]c2)cccc1[N+](=O)[O-]. The number of hydrogen-bond acceptors (Lipinski definition) is 4. The Labute approximate surface area is 114 Å². The van der Waals surface area contributed by atoms with Gasteiger partial charge >= 0.3 is 5.69 Å². The summed E-state index contributed by atoms with van der Waals surface area (Å²) in [5, 5.41) is 13.6. The summed E-state index contributed by atoms with van der Waals surface area (Å²) in [6, 6.07) is 6.05. The third-order valence-corrected chi connectivity index (χ3v) is 2.76. The van der Waals surface area contributed by atoms with Gasteiger partial charge in [0.1, 0.15) is 0 Å². The Morgan fingerprint density at radius 2 is 2.25 bits per heavy atom. The molecule has 0 unspecified atom stereocenters. The lowest BCUT2D eigenvalue weighted by Crippen LogP contribution is -2.23. The topological polar surface area (TPSA) is 97.3 Å². The number of H-pyrrole nitrogens is 1. The molecule has 0 atom stereocenters. The minimum atomic E-state index is -0.582. The maximum absolute atomic E-state index is 12.1. The third-order valence-electron chi connectivity index (χ3n) is 2.76. The minimum absolute atomic E-state index is 0.0379. The molecule has 2 rings (SSSR count). The summed E-state index contributed by atoms with van der Waals surface area (Å²) in [5.74, 6) is -0.462. The molecular formula is C13H13N3O4. The molecule has 0 saturated heterocycles. The number of carbonyl (C=O) groups is 1. The molecule has 0 saturated carbocycles. The highest BCUT2D eigenvalue weighted by atomic mass is 16.6. The predicted octanol–water partition coefficient (Wildman–Crippen LogP) is 1.86. The Morgan fingerprint density at radius 3 is 2.85 bits per heavy atom.